The van der Waals surface area contributed by atoms with Gasteiger partial charge in [0.25, 0.3) is 0 Å². The van der Waals surface area contributed by atoms with Gasteiger partial charge in [0.05, 0.1) is 6.04 Å². The van der Waals surface area contributed by atoms with Crippen LogP contribution in [0.3, 0.4) is 0 Å². The third-order valence-corrected chi connectivity index (χ3v) is 3.91. The van der Waals surface area contributed by atoms with Crippen LogP contribution in [0, 0.1) is 0 Å². The van der Waals surface area contributed by atoms with Crippen molar-refractivity contribution in [2.24, 2.45) is 0 Å². The molecule has 0 aliphatic carbocycles. The first-order valence-electron chi connectivity index (χ1n) is 8.18. The summed E-state index contributed by atoms with van der Waals surface area (Å²) in [7, 11) is 3.40. The molecule has 1 aromatic carbocycles. The van der Waals surface area contributed by atoms with Crippen LogP contribution < -0.4 is 5.32 Å². The van der Waals surface area contributed by atoms with Gasteiger partial charge in [-0.3, -0.25) is 0 Å². The fourth-order valence-corrected chi connectivity index (χ4v) is 2.75. The zero-order valence-electron chi connectivity index (χ0n) is 15.1. The first kappa shape index (κ1) is 18.1. The highest BCUT2D eigenvalue weighted by atomic mass is 16.6. The van der Waals surface area contributed by atoms with Crippen molar-refractivity contribution in [3.8, 4) is 0 Å². The van der Waals surface area contributed by atoms with Crippen molar-refractivity contribution in [2.75, 3.05) is 27.2 Å². The van der Waals surface area contributed by atoms with Gasteiger partial charge >= 0.3 is 12.1 Å². The standard InChI is InChI=1S/C18H27N3O3/c1-18(2,3)24-17(23)21-11-14(13-9-7-6-8-10-13)15(12-21)19-16(22)20(4)5/h6-10,14-15H,11-12H2,1-5H3,(H,19,22)/t14-,15+/m0/s1. The van der Waals surface area contributed by atoms with Gasteiger partial charge in [0.1, 0.15) is 5.60 Å². The van der Waals surface area contributed by atoms with Gasteiger partial charge in [-0.2, -0.15) is 0 Å². The Hall–Kier alpha value is -2.24. The number of benzene rings is 1. The second kappa shape index (κ2) is 7.11. The van der Waals surface area contributed by atoms with Gasteiger partial charge in [0.15, 0.2) is 0 Å². The fraction of sp³-hybridized carbons (Fsp3) is 0.556. The molecular formula is C18H27N3O3. The summed E-state index contributed by atoms with van der Waals surface area (Å²) in [6.45, 7) is 6.51. The third-order valence-electron chi connectivity index (χ3n) is 3.91. The quantitative estimate of drug-likeness (QED) is 0.905. The number of hydrogen-bond acceptors (Lipinski definition) is 3. The van der Waals surface area contributed by atoms with Crippen LogP contribution in [-0.2, 0) is 4.74 Å². The van der Waals surface area contributed by atoms with Gasteiger partial charge < -0.3 is 19.9 Å². The molecule has 2 atom stereocenters. The van der Waals surface area contributed by atoms with E-state index in [9.17, 15) is 9.59 Å². The molecule has 132 valence electrons. The molecule has 2 rings (SSSR count). The lowest BCUT2D eigenvalue weighted by molar-refractivity contribution is 0.0289. The molecule has 6 nitrogen and oxygen atoms in total. The van der Waals surface area contributed by atoms with E-state index in [2.05, 4.69) is 5.32 Å². The van der Waals surface area contributed by atoms with Crippen molar-refractivity contribution >= 4 is 12.1 Å². The molecular weight excluding hydrogens is 306 g/mol. The second-order valence-electron chi connectivity index (χ2n) is 7.35. The number of hydrogen-bond donors (Lipinski definition) is 1. The van der Waals surface area contributed by atoms with Gasteiger partial charge in [-0.15, -0.1) is 0 Å². The minimum Gasteiger partial charge on any atom is -0.444 e. The molecule has 0 radical (unpaired) electrons. The largest absolute Gasteiger partial charge is 0.444 e. The zero-order chi connectivity index (χ0) is 17.9. The maximum Gasteiger partial charge on any atom is 0.410 e. The third kappa shape index (κ3) is 4.63. The molecule has 0 spiro atoms. The van der Waals surface area contributed by atoms with Crippen molar-refractivity contribution in [3.63, 3.8) is 0 Å². The molecule has 1 N–H and O–H groups in total. The van der Waals surface area contributed by atoms with Crippen molar-refractivity contribution in [1.82, 2.24) is 15.1 Å². The van der Waals surface area contributed by atoms with Crippen molar-refractivity contribution in [3.05, 3.63) is 35.9 Å². The Morgan fingerprint density at radius 1 is 1.17 bits per heavy atom. The number of ether oxygens (including phenoxy) is 1. The first-order valence-corrected chi connectivity index (χ1v) is 8.18. The SMILES string of the molecule is CN(C)C(=O)N[C@@H]1CN(C(=O)OC(C)(C)C)C[C@H]1c1ccccc1. The van der Waals surface area contributed by atoms with Gasteiger partial charge in [-0.25, -0.2) is 9.59 Å². The molecule has 1 saturated heterocycles. The molecule has 3 amide bonds. The average molecular weight is 333 g/mol. The number of nitrogens with zero attached hydrogens (tertiary/aromatic N) is 2. The molecule has 0 bridgehead atoms. The molecule has 1 aliphatic rings. The van der Waals surface area contributed by atoms with E-state index in [4.69, 9.17) is 4.74 Å². The molecule has 0 saturated carbocycles. The van der Waals surface area contributed by atoms with Crippen LogP contribution >= 0.6 is 0 Å². The van der Waals surface area contributed by atoms with Crippen LogP contribution in [0.15, 0.2) is 30.3 Å². The Morgan fingerprint density at radius 2 is 1.79 bits per heavy atom. The molecule has 6 heteroatoms. The van der Waals surface area contributed by atoms with Gasteiger partial charge in [-0.1, -0.05) is 30.3 Å². The smallest absolute Gasteiger partial charge is 0.410 e. The van der Waals surface area contributed by atoms with Crippen molar-refractivity contribution in [1.29, 1.82) is 0 Å². The van der Waals surface area contributed by atoms with E-state index >= 15 is 0 Å². The van der Waals surface area contributed by atoms with Crippen LogP contribution in [0.4, 0.5) is 9.59 Å². The Morgan fingerprint density at radius 3 is 2.33 bits per heavy atom. The molecule has 1 heterocycles. The second-order valence-corrected chi connectivity index (χ2v) is 7.35. The number of amides is 3. The van der Waals surface area contributed by atoms with E-state index in [-0.39, 0.29) is 24.1 Å². The fourth-order valence-electron chi connectivity index (χ4n) is 2.75. The van der Waals surface area contributed by atoms with Crippen LogP contribution in [0.1, 0.15) is 32.3 Å². The predicted molar refractivity (Wildman–Crippen MR) is 93.0 cm³/mol. The summed E-state index contributed by atoms with van der Waals surface area (Å²) in [6.07, 6.45) is -0.343. The molecule has 1 aromatic rings. The van der Waals surface area contributed by atoms with Crippen LogP contribution in [-0.4, -0.2) is 60.8 Å². The van der Waals surface area contributed by atoms with E-state index in [1.54, 1.807) is 19.0 Å². The zero-order valence-corrected chi connectivity index (χ0v) is 15.1. The summed E-state index contributed by atoms with van der Waals surface area (Å²) >= 11 is 0. The topological polar surface area (TPSA) is 61.9 Å². The van der Waals surface area contributed by atoms with E-state index in [1.807, 2.05) is 51.1 Å². The van der Waals surface area contributed by atoms with Crippen molar-refractivity contribution < 1.29 is 14.3 Å². The summed E-state index contributed by atoms with van der Waals surface area (Å²) in [5.41, 5.74) is 0.567. The molecule has 24 heavy (non-hydrogen) atoms. The summed E-state index contributed by atoms with van der Waals surface area (Å²) in [5.74, 6) is 0.0441. The number of carbonyl (C=O) groups excluding carboxylic acids is 2. The highest BCUT2D eigenvalue weighted by Crippen LogP contribution is 2.29. The summed E-state index contributed by atoms with van der Waals surface area (Å²) in [6, 6.07) is 9.64. The van der Waals surface area contributed by atoms with Crippen LogP contribution in [0.5, 0.6) is 0 Å². The highest BCUT2D eigenvalue weighted by Gasteiger charge is 2.38. The maximum atomic E-state index is 12.4. The van der Waals surface area contributed by atoms with E-state index in [1.165, 1.54) is 4.90 Å². The Kier molecular flexibility index (Phi) is 5.36. The van der Waals surface area contributed by atoms with E-state index in [0.29, 0.717) is 13.1 Å². The summed E-state index contributed by atoms with van der Waals surface area (Å²) < 4.78 is 5.47. The normalized spacial score (nSPS) is 20.6. The van der Waals surface area contributed by atoms with Gasteiger partial charge in [0, 0.05) is 33.1 Å². The summed E-state index contributed by atoms with van der Waals surface area (Å²) in [4.78, 5) is 27.6. The number of urea groups is 1. The Bertz CT molecular complexity index is 581. The Labute approximate surface area is 143 Å². The first-order chi connectivity index (χ1) is 11.2. The minimum atomic E-state index is -0.537. The molecule has 1 aliphatic heterocycles. The number of likely N-dealkylation sites (tertiary alicyclic amines) is 1. The van der Waals surface area contributed by atoms with Crippen LogP contribution in [0.2, 0.25) is 0 Å². The van der Waals surface area contributed by atoms with E-state index < -0.39 is 5.60 Å². The maximum absolute atomic E-state index is 12.4. The van der Waals surface area contributed by atoms with Crippen molar-refractivity contribution in [2.45, 2.75) is 38.3 Å². The molecule has 1 fully saturated rings. The van der Waals surface area contributed by atoms with E-state index in [0.717, 1.165) is 5.56 Å². The minimum absolute atomic E-state index is 0.0441. The number of rotatable bonds is 2. The molecule has 0 aromatic heterocycles. The van der Waals surface area contributed by atoms with Crippen LogP contribution in [0.25, 0.3) is 0 Å². The lowest BCUT2D eigenvalue weighted by atomic mass is 9.94. The lowest BCUT2D eigenvalue weighted by Gasteiger charge is -2.24. The van der Waals surface area contributed by atoms with Gasteiger partial charge in [-0.05, 0) is 26.3 Å². The monoisotopic (exact) mass is 333 g/mol. The predicted octanol–water partition coefficient (Wildman–Crippen LogP) is 2.66. The van der Waals surface area contributed by atoms with Gasteiger partial charge in [0.2, 0.25) is 0 Å². The molecule has 0 unspecified atom stereocenters. The summed E-state index contributed by atoms with van der Waals surface area (Å²) in [5, 5.41) is 3.01. The number of carbonyl (C=O) groups is 2. The average Bonchev–Trinajstić information content (AvgIpc) is 2.90. The number of nitrogens with one attached hydrogen (secondary N) is 1. The highest BCUT2D eigenvalue weighted by molar-refractivity contribution is 5.74. The Balaban J connectivity index is 2.16. The lowest BCUT2D eigenvalue weighted by Crippen LogP contribution is -2.45.